The first-order chi connectivity index (χ1) is 16.2. The van der Waals surface area contributed by atoms with Crippen LogP contribution in [-0.4, -0.2) is 38.4 Å². The van der Waals surface area contributed by atoms with Crippen molar-refractivity contribution in [2.24, 2.45) is 5.92 Å². The van der Waals surface area contributed by atoms with Crippen LogP contribution in [0.15, 0.2) is 59.4 Å². The van der Waals surface area contributed by atoms with Crippen LogP contribution in [0.1, 0.15) is 42.1 Å². The minimum atomic E-state index is -1.35. The molecule has 3 atom stereocenters. The average Bonchev–Trinajstić information content (AvgIpc) is 3.14. The second-order valence-corrected chi connectivity index (χ2v) is 9.28. The zero-order valence-corrected chi connectivity index (χ0v) is 19.6. The number of hydrogen-bond acceptors (Lipinski definition) is 5. The SMILES string of the molecule is COc1cccc(C2c3c(C)nc4[nH]n(-c5ccccc5)c(=O)c4c3CC(C)(O)C2C(C)=O)c1. The Kier molecular flexibility index (Phi) is 5.17. The van der Waals surface area contributed by atoms with Crippen molar-refractivity contribution in [3.05, 3.63) is 87.3 Å². The molecule has 0 spiro atoms. The molecule has 34 heavy (non-hydrogen) atoms. The Hall–Kier alpha value is -3.71. The van der Waals surface area contributed by atoms with Crippen LogP contribution in [-0.2, 0) is 11.2 Å². The number of nitrogens with zero attached hydrogens (tertiary/aromatic N) is 2. The standard InChI is InChI=1S/C27H27N3O4/c1-15-21-20(23-25(28-15)29-30(26(23)32)18-10-6-5-7-11-18)14-27(3,33)24(16(2)31)22(21)17-9-8-12-19(13-17)34-4/h5-13,22,24,33H,14H2,1-4H3,(H,28,29). The number of H-pyrrole nitrogens is 1. The summed E-state index contributed by atoms with van der Waals surface area (Å²) in [5, 5.41) is 15.2. The van der Waals surface area contributed by atoms with Crippen LogP contribution in [0.2, 0.25) is 0 Å². The molecule has 174 valence electrons. The third-order valence-corrected chi connectivity index (χ3v) is 6.92. The van der Waals surface area contributed by atoms with E-state index in [4.69, 9.17) is 9.72 Å². The molecule has 4 aromatic rings. The van der Waals surface area contributed by atoms with Crippen molar-refractivity contribution in [2.75, 3.05) is 7.11 Å². The molecule has 7 heteroatoms. The Labute approximate surface area is 197 Å². The number of Topliss-reactive ketones (excluding diaryl/α,β-unsaturated/α-hetero) is 1. The van der Waals surface area contributed by atoms with Crippen molar-refractivity contribution in [3.63, 3.8) is 0 Å². The molecule has 1 aliphatic carbocycles. The highest BCUT2D eigenvalue weighted by Crippen LogP contribution is 2.48. The molecule has 0 saturated carbocycles. The van der Waals surface area contributed by atoms with E-state index in [-0.39, 0.29) is 17.8 Å². The lowest BCUT2D eigenvalue weighted by atomic mass is 9.62. The molecule has 0 bridgehead atoms. The van der Waals surface area contributed by atoms with E-state index < -0.39 is 17.4 Å². The van der Waals surface area contributed by atoms with Gasteiger partial charge in [0.2, 0.25) is 0 Å². The molecule has 5 rings (SSSR count). The number of para-hydroxylation sites is 1. The van der Waals surface area contributed by atoms with Crippen molar-refractivity contribution < 1.29 is 14.6 Å². The molecular weight excluding hydrogens is 430 g/mol. The number of aromatic amines is 1. The van der Waals surface area contributed by atoms with Gasteiger partial charge in [-0.3, -0.25) is 14.7 Å². The number of pyridine rings is 1. The minimum absolute atomic E-state index is 0.112. The molecular formula is C27H27N3O4. The highest BCUT2D eigenvalue weighted by atomic mass is 16.5. The lowest BCUT2D eigenvalue weighted by molar-refractivity contribution is -0.130. The summed E-state index contributed by atoms with van der Waals surface area (Å²) in [5.41, 5.74) is 2.69. The number of methoxy groups -OCH3 is 1. The molecule has 0 amide bonds. The van der Waals surface area contributed by atoms with E-state index in [0.717, 1.165) is 22.4 Å². The summed E-state index contributed by atoms with van der Waals surface area (Å²) in [6.07, 6.45) is 0.175. The fourth-order valence-electron chi connectivity index (χ4n) is 5.58. The Bertz CT molecular complexity index is 1470. The number of ketones is 1. The van der Waals surface area contributed by atoms with Crippen molar-refractivity contribution >= 4 is 16.8 Å². The number of aromatic nitrogens is 3. The summed E-state index contributed by atoms with van der Waals surface area (Å²) < 4.78 is 6.91. The van der Waals surface area contributed by atoms with E-state index in [1.807, 2.05) is 61.5 Å². The van der Waals surface area contributed by atoms with Gasteiger partial charge in [-0.15, -0.1) is 0 Å². The van der Waals surface area contributed by atoms with Gasteiger partial charge >= 0.3 is 0 Å². The largest absolute Gasteiger partial charge is 0.497 e. The van der Waals surface area contributed by atoms with Gasteiger partial charge in [-0.25, -0.2) is 9.67 Å². The molecule has 2 aromatic heterocycles. The summed E-state index contributed by atoms with van der Waals surface area (Å²) in [6, 6.07) is 16.8. The molecule has 7 nitrogen and oxygen atoms in total. The summed E-state index contributed by atoms with van der Waals surface area (Å²) in [4.78, 5) is 31.3. The predicted octanol–water partition coefficient (Wildman–Crippen LogP) is 3.68. The van der Waals surface area contributed by atoms with E-state index in [1.54, 1.807) is 14.0 Å². The average molecular weight is 458 g/mol. The second-order valence-electron chi connectivity index (χ2n) is 9.28. The maximum absolute atomic E-state index is 13.6. The number of aliphatic hydroxyl groups is 1. The zero-order chi connectivity index (χ0) is 24.2. The van der Waals surface area contributed by atoms with Gasteiger partial charge in [-0.1, -0.05) is 30.3 Å². The van der Waals surface area contributed by atoms with E-state index >= 15 is 0 Å². The van der Waals surface area contributed by atoms with Crippen LogP contribution < -0.4 is 10.3 Å². The predicted molar refractivity (Wildman–Crippen MR) is 130 cm³/mol. The lowest BCUT2D eigenvalue weighted by Crippen LogP contribution is -2.48. The number of nitrogens with one attached hydrogen (secondary N) is 1. The summed E-state index contributed by atoms with van der Waals surface area (Å²) in [7, 11) is 1.59. The van der Waals surface area contributed by atoms with Gasteiger partial charge in [0, 0.05) is 18.0 Å². The molecule has 2 aromatic carbocycles. The van der Waals surface area contributed by atoms with Crippen LogP contribution in [0, 0.1) is 12.8 Å². The molecule has 0 radical (unpaired) electrons. The molecule has 2 N–H and O–H groups in total. The first-order valence-corrected chi connectivity index (χ1v) is 11.3. The molecule has 1 aliphatic rings. The van der Waals surface area contributed by atoms with Gasteiger partial charge in [0.1, 0.15) is 11.5 Å². The Balaban J connectivity index is 1.84. The van der Waals surface area contributed by atoms with E-state index in [0.29, 0.717) is 22.5 Å². The van der Waals surface area contributed by atoms with Crippen LogP contribution in [0.5, 0.6) is 5.75 Å². The Morgan fingerprint density at radius 2 is 1.94 bits per heavy atom. The molecule has 2 heterocycles. The molecule has 0 fully saturated rings. The lowest BCUT2D eigenvalue weighted by Gasteiger charge is -2.43. The number of ether oxygens (including phenoxy) is 1. The van der Waals surface area contributed by atoms with E-state index in [1.165, 1.54) is 11.6 Å². The van der Waals surface area contributed by atoms with Gasteiger partial charge in [-0.05, 0) is 61.7 Å². The first-order valence-electron chi connectivity index (χ1n) is 11.3. The number of carbonyl (C=O) groups excluding carboxylic acids is 1. The first kappa shape index (κ1) is 22.1. The molecule has 3 unspecified atom stereocenters. The van der Waals surface area contributed by atoms with E-state index in [2.05, 4.69) is 5.10 Å². The number of fused-ring (bicyclic) bond motifs is 3. The van der Waals surface area contributed by atoms with Gasteiger partial charge in [0.15, 0.2) is 5.65 Å². The highest BCUT2D eigenvalue weighted by molar-refractivity contribution is 5.86. The van der Waals surface area contributed by atoms with Crippen molar-refractivity contribution in [1.82, 2.24) is 14.8 Å². The summed E-state index contributed by atoms with van der Waals surface area (Å²) >= 11 is 0. The number of aryl methyl sites for hydroxylation is 1. The van der Waals surface area contributed by atoms with Crippen LogP contribution in [0.25, 0.3) is 16.7 Å². The topological polar surface area (TPSA) is 97.2 Å². The number of rotatable bonds is 4. The monoisotopic (exact) mass is 457 g/mol. The molecule has 0 aliphatic heterocycles. The Morgan fingerprint density at radius 3 is 2.62 bits per heavy atom. The minimum Gasteiger partial charge on any atom is -0.497 e. The maximum Gasteiger partial charge on any atom is 0.281 e. The number of benzene rings is 2. The number of hydrogen-bond donors (Lipinski definition) is 2. The van der Waals surface area contributed by atoms with E-state index in [9.17, 15) is 14.7 Å². The fourth-order valence-corrected chi connectivity index (χ4v) is 5.58. The van der Waals surface area contributed by atoms with Gasteiger partial charge in [0.05, 0.1) is 29.7 Å². The third-order valence-electron chi connectivity index (χ3n) is 6.92. The van der Waals surface area contributed by atoms with Gasteiger partial charge < -0.3 is 9.84 Å². The quantitative estimate of drug-likeness (QED) is 0.487. The molecule has 0 saturated heterocycles. The fraction of sp³-hybridized carbons (Fsp3) is 0.296. The summed E-state index contributed by atoms with van der Waals surface area (Å²) in [6.45, 7) is 5.08. The van der Waals surface area contributed by atoms with Crippen molar-refractivity contribution in [3.8, 4) is 11.4 Å². The highest BCUT2D eigenvalue weighted by Gasteiger charge is 2.48. The summed E-state index contributed by atoms with van der Waals surface area (Å²) in [5.74, 6) is -0.617. The van der Waals surface area contributed by atoms with Crippen molar-refractivity contribution in [2.45, 2.75) is 38.7 Å². The van der Waals surface area contributed by atoms with Crippen LogP contribution >= 0.6 is 0 Å². The Morgan fingerprint density at radius 1 is 1.21 bits per heavy atom. The second kappa shape index (κ2) is 7.95. The number of carbonyl (C=O) groups is 1. The third kappa shape index (κ3) is 3.35. The normalized spacial score (nSPS) is 21.9. The zero-order valence-electron chi connectivity index (χ0n) is 19.6. The smallest absolute Gasteiger partial charge is 0.281 e. The van der Waals surface area contributed by atoms with Gasteiger partial charge in [0.25, 0.3) is 5.56 Å². The van der Waals surface area contributed by atoms with Crippen molar-refractivity contribution in [1.29, 1.82) is 0 Å². The van der Waals surface area contributed by atoms with Gasteiger partial charge in [-0.2, -0.15) is 0 Å². The van der Waals surface area contributed by atoms with Crippen LogP contribution in [0.4, 0.5) is 0 Å². The van der Waals surface area contributed by atoms with Crippen LogP contribution in [0.3, 0.4) is 0 Å². The maximum atomic E-state index is 13.6.